The maximum Gasteiger partial charge on any atom is 0.397 e. The van der Waals surface area contributed by atoms with E-state index < -0.39 is 59.8 Å². The summed E-state index contributed by atoms with van der Waals surface area (Å²) >= 11 is 0. The summed E-state index contributed by atoms with van der Waals surface area (Å²) < 4.78 is 58.3. The van der Waals surface area contributed by atoms with Gasteiger partial charge in [0.15, 0.2) is 6.29 Å². The molecule has 1 heterocycles. The summed E-state index contributed by atoms with van der Waals surface area (Å²) in [4.78, 5) is 12.4. The molecule has 12 nitrogen and oxygen atoms in total. The van der Waals surface area contributed by atoms with E-state index in [4.69, 9.17) is 23.5 Å². The zero-order valence-corrected chi connectivity index (χ0v) is 34.5. The smallest absolute Gasteiger partial charge is 0.397 e. The Morgan fingerprint density at radius 1 is 0.696 bits per heavy atom. The second kappa shape index (κ2) is 34.3. The molecule has 6 atom stereocenters. The summed E-state index contributed by atoms with van der Waals surface area (Å²) in [7, 11) is -5.06. The molecular formula is C43H70O12S. The summed E-state index contributed by atoms with van der Waals surface area (Å²) in [5.41, 5.74) is 0. The predicted octanol–water partition coefficient (Wildman–Crippen LogP) is 7.73. The zero-order chi connectivity index (χ0) is 41.1. The van der Waals surface area contributed by atoms with Crippen LogP contribution in [-0.4, -0.2) is 97.5 Å². The standard InChI is InChI=1S/C43H70O12S/c1-3-5-7-8-9-10-11-12-13-14-15-16-17-18-19-20-21-22-23-24-25-26-27-28-29-31-33-51-35-37(53-39(45)32-30-6-4-2)36-52-43-41(47)42(55-56(48,49)50)40(46)38(34-44)54-43/h5,7,9-10,12-13,15-16,18-19,21-22,24-25,37-38,40-44,46-47H,3-4,6,8,11,14,17,20,23,26-36H2,1-2H3,(H,48,49,50)/b7-5-,10-9-,13-12-,16-15-,19-18-,22-21-,25-24-. The van der Waals surface area contributed by atoms with Gasteiger partial charge in [-0.1, -0.05) is 125 Å². The van der Waals surface area contributed by atoms with Crippen LogP contribution in [0.25, 0.3) is 0 Å². The molecule has 0 spiro atoms. The van der Waals surface area contributed by atoms with Crippen molar-refractivity contribution in [3.63, 3.8) is 0 Å². The van der Waals surface area contributed by atoms with Crippen LogP contribution >= 0.6 is 0 Å². The number of rotatable bonds is 33. The van der Waals surface area contributed by atoms with Crippen LogP contribution in [0, 0.1) is 0 Å². The molecule has 0 radical (unpaired) electrons. The van der Waals surface area contributed by atoms with Crippen molar-refractivity contribution in [3.8, 4) is 0 Å². The molecule has 1 fully saturated rings. The molecule has 1 aliphatic rings. The fourth-order valence-corrected chi connectivity index (χ4v) is 5.98. The van der Waals surface area contributed by atoms with Crippen LogP contribution in [-0.2, 0) is 38.3 Å². The van der Waals surface area contributed by atoms with Crippen molar-refractivity contribution in [3.05, 3.63) is 85.1 Å². The van der Waals surface area contributed by atoms with E-state index in [-0.39, 0.29) is 19.6 Å². The van der Waals surface area contributed by atoms with Gasteiger partial charge in [-0.3, -0.25) is 9.35 Å². The van der Waals surface area contributed by atoms with Crippen molar-refractivity contribution in [2.75, 3.05) is 26.4 Å². The molecule has 1 saturated heterocycles. The van der Waals surface area contributed by atoms with Crippen LogP contribution < -0.4 is 0 Å². The van der Waals surface area contributed by atoms with Gasteiger partial charge in [-0.05, 0) is 70.6 Å². The number of hydrogen-bond donors (Lipinski definition) is 4. The van der Waals surface area contributed by atoms with Crippen molar-refractivity contribution >= 4 is 16.4 Å². The number of aliphatic hydroxyl groups is 3. The Balaban J connectivity index is 2.27. The van der Waals surface area contributed by atoms with Gasteiger partial charge in [-0.15, -0.1) is 0 Å². The van der Waals surface area contributed by atoms with Crippen molar-refractivity contribution in [2.24, 2.45) is 0 Å². The highest BCUT2D eigenvalue weighted by atomic mass is 32.3. The van der Waals surface area contributed by atoms with E-state index >= 15 is 0 Å². The lowest BCUT2D eigenvalue weighted by atomic mass is 9.99. The van der Waals surface area contributed by atoms with Crippen LogP contribution in [0.2, 0.25) is 0 Å². The first-order valence-corrected chi connectivity index (χ1v) is 21.7. The van der Waals surface area contributed by atoms with E-state index in [0.717, 1.165) is 89.9 Å². The Bertz CT molecular complexity index is 1300. The lowest BCUT2D eigenvalue weighted by Crippen LogP contribution is -2.60. The largest absolute Gasteiger partial charge is 0.457 e. The molecule has 0 aliphatic carbocycles. The van der Waals surface area contributed by atoms with E-state index in [1.54, 1.807) is 0 Å². The van der Waals surface area contributed by atoms with Crippen LogP contribution in [0.5, 0.6) is 0 Å². The van der Waals surface area contributed by atoms with Gasteiger partial charge in [-0.2, -0.15) is 8.42 Å². The minimum absolute atomic E-state index is 0.0106. The Morgan fingerprint density at radius 3 is 1.75 bits per heavy atom. The van der Waals surface area contributed by atoms with Crippen molar-refractivity contribution in [1.29, 1.82) is 0 Å². The highest BCUT2D eigenvalue weighted by Gasteiger charge is 2.48. The average Bonchev–Trinajstić information content (AvgIpc) is 3.16. The topological polar surface area (TPSA) is 178 Å². The molecule has 13 heteroatoms. The lowest BCUT2D eigenvalue weighted by Gasteiger charge is -2.41. The fourth-order valence-electron chi connectivity index (χ4n) is 5.47. The summed E-state index contributed by atoms with van der Waals surface area (Å²) in [5, 5.41) is 30.3. The number of esters is 1. The Morgan fingerprint density at radius 2 is 1.23 bits per heavy atom. The van der Waals surface area contributed by atoms with Crippen LogP contribution in [0.15, 0.2) is 85.1 Å². The third-order valence-corrected chi connectivity index (χ3v) is 9.00. The van der Waals surface area contributed by atoms with Crippen molar-refractivity contribution in [1.82, 2.24) is 0 Å². The summed E-state index contributed by atoms with van der Waals surface area (Å²) in [6.45, 7) is 3.57. The molecule has 0 aromatic heterocycles. The number of carbonyl (C=O) groups is 1. The first-order valence-electron chi connectivity index (χ1n) is 20.3. The molecule has 6 unspecified atom stereocenters. The second-order valence-corrected chi connectivity index (χ2v) is 14.5. The summed E-state index contributed by atoms with van der Waals surface area (Å²) in [5.74, 6) is -0.439. The van der Waals surface area contributed by atoms with Crippen LogP contribution in [0.1, 0.15) is 117 Å². The Labute approximate surface area is 336 Å². The number of carbonyl (C=O) groups excluding carboxylic acids is 1. The third-order valence-electron chi connectivity index (χ3n) is 8.53. The van der Waals surface area contributed by atoms with Crippen molar-refractivity contribution < 1.29 is 56.2 Å². The first-order chi connectivity index (χ1) is 27.1. The summed E-state index contributed by atoms with van der Waals surface area (Å²) in [6.07, 6.45) is 35.9. The van der Waals surface area contributed by atoms with Gasteiger partial charge in [0.1, 0.15) is 30.5 Å². The number of ether oxygens (including phenoxy) is 4. The van der Waals surface area contributed by atoms with Gasteiger partial charge < -0.3 is 34.3 Å². The van der Waals surface area contributed by atoms with Gasteiger partial charge in [-0.25, -0.2) is 4.18 Å². The maximum absolute atomic E-state index is 12.4. The molecule has 0 amide bonds. The number of unbranched alkanes of at least 4 members (excludes halogenated alkanes) is 6. The van der Waals surface area contributed by atoms with Gasteiger partial charge in [0.2, 0.25) is 0 Å². The molecule has 1 aliphatic heterocycles. The van der Waals surface area contributed by atoms with Crippen LogP contribution in [0.4, 0.5) is 0 Å². The molecule has 56 heavy (non-hydrogen) atoms. The highest BCUT2D eigenvalue weighted by Crippen LogP contribution is 2.26. The molecule has 0 aromatic carbocycles. The lowest BCUT2D eigenvalue weighted by molar-refractivity contribution is -0.301. The third kappa shape index (κ3) is 27.8. The van der Waals surface area contributed by atoms with Crippen molar-refractivity contribution in [2.45, 2.75) is 153 Å². The van der Waals surface area contributed by atoms with Gasteiger partial charge >= 0.3 is 16.4 Å². The van der Waals surface area contributed by atoms with E-state index in [1.165, 1.54) is 0 Å². The number of hydrogen-bond acceptors (Lipinski definition) is 11. The van der Waals surface area contributed by atoms with Crippen LogP contribution in [0.3, 0.4) is 0 Å². The Hall–Kier alpha value is -2.72. The average molecular weight is 811 g/mol. The minimum atomic E-state index is -5.06. The molecule has 0 bridgehead atoms. The molecule has 320 valence electrons. The molecule has 0 aromatic rings. The van der Waals surface area contributed by atoms with Gasteiger partial charge in [0, 0.05) is 13.0 Å². The fraction of sp³-hybridized carbons (Fsp3) is 0.651. The van der Waals surface area contributed by atoms with E-state index in [1.807, 2.05) is 6.92 Å². The highest BCUT2D eigenvalue weighted by molar-refractivity contribution is 7.80. The first kappa shape index (κ1) is 51.3. The zero-order valence-electron chi connectivity index (χ0n) is 33.7. The van der Waals surface area contributed by atoms with Gasteiger partial charge in [0.25, 0.3) is 0 Å². The monoisotopic (exact) mass is 810 g/mol. The SMILES string of the molecule is CC/C=C\C/C=C\C/C=C\C/C=C\C/C=C\C/C=C\C/C=C\CCCCCCOCC(COC1OC(CO)C(O)C(OS(=O)(=O)O)C1O)OC(=O)CCCCC. The predicted molar refractivity (Wildman–Crippen MR) is 220 cm³/mol. The van der Waals surface area contributed by atoms with E-state index in [2.05, 4.69) is 96.2 Å². The molecule has 4 N–H and O–H groups in total. The molecule has 1 rings (SSSR count). The van der Waals surface area contributed by atoms with Gasteiger partial charge in [0.05, 0.1) is 19.8 Å². The Kier molecular flexibility index (Phi) is 31.4. The summed E-state index contributed by atoms with van der Waals surface area (Å²) in [6, 6.07) is 0. The molecular weight excluding hydrogens is 741 g/mol. The van der Waals surface area contributed by atoms with E-state index in [9.17, 15) is 28.5 Å². The minimum Gasteiger partial charge on any atom is -0.457 e. The molecule has 0 saturated carbocycles. The van der Waals surface area contributed by atoms with E-state index in [0.29, 0.717) is 13.0 Å². The number of aliphatic hydroxyl groups excluding tert-OH is 3. The number of allylic oxidation sites excluding steroid dienone is 14. The maximum atomic E-state index is 12.4. The second-order valence-electron chi connectivity index (χ2n) is 13.5. The normalized spacial score (nSPS) is 21.7. The quantitative estimate of drug-likeness (QED) is 0.0220.